The summed E-state index contributed by atoms with van der Waals surface area (Å²) in [6, 6.07) is -0.959. The lowest BCUT2D eigenvalue weighted by molar-refractivity contribution is -0.139. The van der Waals surface area contributed by atoms with Crippen LogP contribution in [0, 0.1) is 0 Å². The lowest BCUT2D eigenvalue weighted by atomic mass is 10.2. The smallest absolute Gasteiger partial charge is 0.326 e. The molecule has 1 aliphatic rings. The average Bonchev–Trinajstić information content (AvgIpc) is 3.15. The molecule has 0 saturated carbocycles. The first-order chi connectivity index (χ1) is 10.5. The number of nitrogens with zero attached hydrogens (tertiary/aromatic N) is 1. The van der Waals surface area contributed by atoms with Crippen molar-refractivity contribution in [2.24, 2.45) is 0 Å². The maximum absolute atomic E-state index is 11.9. The molecule has 0 radical (unpaired) electrons. The van der Waals surface area contributed by atoms with Crippen molar-refractivity contribution in [3.05, 3.63) is 11.1 Å². The molecular formula is C13H17N3O5S. The third kappa shape index (κ3) is 4.01. The molecule has 1 aromatic heterocycles. The van der Waals surface area contributed by atoms with Crippen LogP contribution in [0.25, 0.3) is 0 Å². The second kappa shape index (κ2) is 7.32. The van der Waals surface area contributed by atoms with Gasteiger partial charge in [0.25, 0.3) is 11.8 Å². The van der Waals surface area contributed by atoms with E-state index < -0.39 is 24.0 Å². The quantitative estimate of drug-likeness (QED) is 0.713. The van der Waals surface area contributed by atoms with E-state index in [0.717, 1.165) is 17.8 Å². The second-order valence-electron chi connectivity index (χ2n) is 4.80. The van der Waals surface area contributed by atoms with Crippen LogP contribution in [-0.4, -0.2) is 46.6 Å². The van der Waals surface area contributed by atoms with Gasteiger partial charge in [0, 0.05) is 12.0 Å². The molecule has 0 aromatic carbocycles. The largest absolute Gasteiger partial charge is 0.480 e. The van der Waals surface area contributed by atoms with Gasteiger partial charge in [-0.05, 0) is 19.3 Å². The van der Waals surface area contributed by atoms with Crippen molar-refractivity contribution in [2.75, 3.05) is 11.9 Å². The Labute approximate surface area is 130 Å². The molecule has 2 atom stereocenters. The summed E-state index contributed by atoms with van der Waals surface area (Å²) in [6.07, 6.45) is 1.31. The summed E-state index contributed by atoms with van der Waals surface area (Å²) >= 11 is 1.10. The van der Waals surface area contributed by atoms with E-state index in [0.29, 0.717) is 13.0 Å². The number of ether oxygens (including phenoxy) is 1. The maximum Gasteiger partial charge on any atom is 0.326 e. The van der Waals surface area contributed by atoms with Crippen LogP contribution in [0.4, 0.5) is 5.13 Å². The normalized spacial score (nSPS) is 18.7. The minimum absolute atomic E-state index is 0.0762. The highest BCUT2D eigenvalue weighted by Crippen LogP contribution is 2.18. The zero-order chi connectivity index (χ0) is 16.1. The van der Waals surface area contributed by atoms with Crippen molar-refractivity contribution in [2.45, 2.75) is 38.3 Å². The van der Waals surface area contributed by atoms with Crippen LogP contribution in [-0.2, 0) is 14.3 Å². The van der Waals surface area contributed by atoms with Crippen LogP contribution in [0.3, 0.4) is 0 Å². The minimum atomic E-state index is -1.10. The van der Waals surface area contributed by atoms with Gasteiger partial charge in [-0.15, -0.1) is 11.3 Å². The number of nitrogens with one attached hydrogen (secondary N) is 2. The fourth-order valence-electron chi connectivity index (χ4n) is 1.98. The van der Waals surface area contributed by atoms with Crippen LogP contribution >= 0.6 is 11.3 Å². The van der Waals surface area contributed by atoms with E-state index in [1.807, 2.05) is 0 Å². The maximum atomic E-state index is 11.9. The zero-order valence-electron chi connectivity index (χ0n) is 12.0. The standard InChI is InChI=1S/C13H17N3O5S/c1-2-7(12(19)20)14-10(17)8-6-22-13(15-8)16-11(18)9-4-3-5-21-9/h6-7,9H,2-5H2,1H3,(H,14,17)(H,19,20)(H,15,16,18). The van der Waals surface area contributed by atoms with Crippen LogP contribution in [0.2, 0.25) is 0 Å². The molecule has 2 unspecified atom stereocenters. The predicted octanol–water partition coefficient (Wildman–Crippen LogP) is 0.854. The first kappa shape index (κ1) is 16.4. The van der Waals surface area contributed by atoms with Crippen molar-refractivity contribution in [1.29, 1.82) is 0 Å². The Morgan fingerprint density at radius 3 is 2.91 bits per heavy atom. The van der Waals surface area contributed by atoms with E-state index >= 15 is 0 Å². The number of carboxylic acid groups (broad SMARTS) is 1. The van der Waals surface area contributed by atoms with Gasteiger partial charge in [-0.3, -0.25) is 14.9 Å². The van der Waals surface area contributed by atoms with Gasteiger partial charge < -0.3 is 15.2 Å². The highest BCUT2D eigenvalue weighted by Gasteiger charge is 2.25. The van der Waals surface area contributed by atoms with Crippen LogP contribution in [0.15, 0.2) is 5.38 Å². The molecule has 0 spiro atoms. The topological polar surface area (TPSA) is 118 Å². The summed E-state index contributed by atoms with van der Waals surface area (Å²) in [6.45, 7) is 2.23. The molecule has 1 aliphatic heterocycles. The SMILES string of the molecule is CCC(NC(=O)c1csc(NC(=O)C2CCCO2)n1)C(=O)O. The van der Waals surface area contributed by atoms with Crippen LogP contribution < -0.4 is 10.6 Å². The number of amides is 2. The Hall–Kier alpha value is -2.00. The highest BCUT2D eigenvalue weighted by molar-refractivity contribution is 7.14. The number of thiazole rings is 1. The molecule has 3 N–H and O–H groups in total. The number of rotatable bonds is 6. The number of carboxylic acids is 1. The molecule has 0 aliphatic carbocycles. The van der Waals surface area contributed by atoms with Gasteiger partial charge in [0.1, 0.15) is 17.8 Å². The molecule has 120 valence electrons. The number of anilines is 1. The predicted molar refractivity (Wildman–Crippen MR) is 78.9 cm³/mol. The van der Waals surface area contributed by atoms with E-state index in [-0.39, 0.29) is 23.2 Å². The second-order valence-corrected chi connectivity index (χ2v) is 5.66. The fourth-order valence-corrected chi connectivity index (χ4v) is 2.67. The van der Waals surface area contributed by atoms with Crippen molar-refractivity contribution < 1.29 is 24.2 Å². The number of hydrogen-bond acceptors (Lipinski definition) is 6. The third-order valence-corrected chi connectivity index (χ3v) is 3.96. The van der Waals surface area contributed by atoms with Gasteiger partial charge in [-0.2, -0.15) is 0 Å². The van der Waals surface area contributed by atoms with Crippen molar-refractivity contribution in [1.82, 2.24) is 10.3 Å². The van der Waals surface area contributed by atoms with E-state index in [1.165, 1.54) is 5.38 Å². The molecule has 22 heavy (non-hydrogen) atoms. The van der Waals surface area contributed by atoms with Crippen molar-refractivity contribution >= 4 is 34.3 Å². The summed E-state index contributed by atoms with van der Waals surface area (Å²) < 4.78 is 5.25. The Morgan fingerprint density at radius 1 is 1.55 bits per heavy atom. The molecule has 2 rings (SSSR count). The van der Waals surface area contributed by atoms with Crippen LogP contribution in [0.5, 0.6) is 0 Å². The number of carbonyl (C=O) groups is 3. The first-order valence-electron chi connectivity index (χ1n) is 6.93. The summed E-state index contributed by atoms with van der Waals surface area (Å²) in [5.74, 6) is -1.96. The van der Waals surface area contributed by atoms with E-state index in [2.05, 4.69) is 15.6 Å². The molecule has 1 aromatic rings. The summed E-state index contributed by atoms with van der Waals surface area (Å²) in [7, 11) is 0. The third-order valence-electron chi connectivity index (χ3n) is 3.20. The molecule has 0 bridgehead atoms. The molecule has 1 saturated heterocycles. The molecule has 8 nitrogen and oxygen atoms in total. The Kier molecular flexibility index (Phi) is 5.45. The van der Waals surface area contributed by atoms with Gasteiger partial charge in [0.05, 0.1) is 0 Å². The Bertz CT molecular complexity index is 568. The fraction of sp³-hybridized carbons (Fsp3) is 0.538. The van der Waals surface area contributed by atoms with Gasteiger partial charge in [0.15, 0.2) is 5.13 Å². The van der Waals surface area contributed by atoms with Crippen molar-refractivity contribution in [3.63, 3.8) is 0 Å². The van der Waals surface area contributed by atoms with Gasteiger partial charge >= 0.3 is 5.97 Å². The van der Waals surface area contributed by atoms with E-state index in [1.54, 1.807) is 6.92 Å². The lowest BCUT2D eigenvalue weighted by Crippen LogP contribution is -2.40. The summed E-state index contributed by atoms with van der Waals surface area (Å²) in [5.41, 5.74) is 0.0762. The molecule has 1 fully saturated rings. The average molecular weight is 327 g/mol. The Balaban J connectivity index is 1.94. The van der Waals surface area contributed by atoms with Gasteiger partial charge in [-0.1, -0.05) is 6.92 Å². The molecular weight excluding hydrogens is 310 g/mol. The first-order valence-corrected chi connectivity index (χ1v) is 7.81. The number of aromatic nitrogens is 1. The highest BCUT2D eigenvalue weighted by atomic mass is 32.1. The van der Waals surface area contributed by atoms with E-state index in [4.69, 9.17) is 9.84 Å². The van der Waals surface area contributed by atoms with Gasteiger partial charge in [0.2, 0.25) is 0 Å². The Morgan fingerprint density at radius 2 is 2.32 bits per heavy atom. The van der Waals surface area contributed by atoms with Crippen molar-refractivity contribution in [3.8, 4) is 0 Å². The number of carbonyl (C=O) groups excluding carboxylic acids is 2. The lowest BCUT2D eigenvalue weighted by Gasteiger charge is -2.10. The summed E-state index contributed by atoms with van der Waals surface area (Å²) in [4.78, 5) is 38.7. The number of hydrogen-bond donors (Lipinski definition) is 3. The molecule has 2 heterocycles. The monoisotopic (exact) mass is 327 g/mol. The zero-order valence-corrected chi connectivity index (χ0v) is 12.8. The molecule has 9 heteroatoms. The molecule has 2 amide bonds. The van der Waals surface area contributed by atoms with Crippen LogP contribution in [0.1, 0.15) is 36.7 Å². The summed E-state index contributed by atoms with van der Waals surface area (Å²) in [5, 5.41) is 15.6. The van der Waals surface area contributed by atoms with Gasteiger partial charge in [-0.25, -0.2) is 9.78 Å². The minimum Gasteiger partial charge on any atom is -0.480 e. The number of aliphatic carboxylic acids is 1. The van der Waals surface area contributed by atoms with E-state index in [9.17, 15) is 14.4 Å².